The third-order valence-electron chi connectivity index (χ3n) is 5.68. The van der Waals surface area contributed by atoms with Crippen LogP contribution in [0.5, 0.6) is 0 Å². The van der Waals surface area contributed by atoms with Gasteiger partial charge in [0.2, 0.25) is 0 Å². The molecule has 0 aromatic heterocycles. The van der Waals surface area contributed by atoms with E-state index in [2.05, 4.69) is 0 Å². The van der Waals surface area contributed by atoms with E-state index in [9.17, 15) is 4.79 Å². The number of carbonyl (C=O) groups is 1. The molecule has 102 valence electrons. The van der Waals surface area contributed by atoms with Gasteiger partial charge < -0.3 is 4.74 Å². The van der Waals surface area contributed by atoms with Crippen LogP contribution in [-0.2, 0) is 9.53 Å². The summed E-state index contributed by atoms with van der Waals surface area (Å²) in [6, 6.07) is 0. The van der Waals surface area contributed by atoms with Crippen LogP contribution < -0.4 is 0 Å². The highest BCUT2D eigenvalue weighted by Gasteiger charge is 2.50. The second-order valence-corrected chi connectivity index (χ2v) is 7.20. The van der Waals surface area contributed by atoms with Crippen LogP contribution in [-0.4, -0.2) is 19.5 Å². The van der Waals surface area contributed by atoms with E-state index in [0.717, 1.165) is 24.2 Å². The molecule has 4 fully saturated rings. The van der Waals surface area contributed by atoms with Crippen LogP contribution in [0.3, 0.4) is 0 Å². The van der Waals surface area contributed by atoms with Gasteiger partial charge in [0.05, 0.1) is 6.61 Å². The fraction of sp³-hybridized carbons (Fsp3) is 0.938. The van der Waals surface area contributed by atoms with Crippen LogP contribution in [0.4, 0.5) is 0 Å². The Morgan fingerprint density at radius 3 is 2.11 bits per heavy atom. The van der Waals surface area contributed by atoms with Gasteiger partial charge in [0.25, 0.3) is 0 Å². The molecule has 0 radical (unpaired) electrons. The fourth-order valence-electron chi connectivity index (χ4n) is 5.34. The van der Waals surface area contributed by atoms with Crippen molar-refractivity contribution >= 4 is 5.78 Å². The maximum Gasteiger partial charge on any atom is 0.135 e. The first kappa shape index (κ1) is 12.7. The summed E-state index contributed by atoms with van der Waals surface area (Å²) in [5, 5.41) is 0. The van der Waals surface area contributed by atoms with Gasteiger partial charge in [0.1, 0.15) is 5.78 Å². The molecule has 4 rings (SSSR count). The molecule has 2 nitrogen and oxygen atoms in total. The molecule has 0 N–H and O–H groups in total. The zero-order chi connectivity index (χ0) is 12.6. The highest BCUT2D eigenvalue weighted by Crippen LogP contribution is 2.61. The van der Waals surface area contributed by atoms with Gasteiger partial charge in [-0.15, -0.1) is 0 Å². The van der Waals surface area contributed by atoms with Crippen molar-refractivity contribution in [2.75, 3.05) is 13.7 Å². The van der Waals surface area contributed by atoms with Crippen molar-refractivity contribution in [2.24, 2.45) is 23.2 Å². The number of methoxy groups -OCH3 is 1. The Kier molecular flexibility index (Phi) is 3.48. The molecule has 0 heterocycles. The van der Waals surface area contributed by atoms with Crippen molar-refractivity contribution in [1.82, 2.24) is 0 Å². The predicted molar refractivity (Wildman–Crippen MR) is 71.3 cm³/mol. The number of carbonyl (C=O) groups excluding carboxylic acids is 1. The van der Waals surface area contributed by atoms with Crippen molar-refractivity contribution in [3.63, 3.8) is 0 Å². The van der Waals surface area contributed by atoms with E-state index in [-0.39, 0.29) is 0 Å². The maximum atomic E-state index is 11.8. The normalized spacial score (nSPS) is 41.3. The summed E-state index contributed by atoms with van der Waals surface area (Å²) in [6.07, 6.45) is 11.4. The molecule has 4 saturated carbocycles. The van der Waals surface area contributed by atoms with Gasteiger partial charge in [-0.1, -0.05) is 0 Å². The minimum atomic E-state index is 0.410. The lowest BCUT2D eigenvalue weighted by Crippen LogP contribution is -2.46. The zero-order valence-electron chi connectivity index (χ0n) is 11.6. The molecule has 4 aliphatic carbocycles. The molecule has 4 bridgehead atoms. The molecule has 0 atom stereocenters. The summed E-state index contributed by atoms with van der Waals surface area (Å²) in [7, 11) is 1.67. The van der Waals surface area contributed by atoms with Gasteiger partial charge in [-0.3, -0.25) is 4.79 Å². The lowest BCUT2D eigenvalue weighted by Gasteiger charge is -2.57. The van der Waals surface area contributed by atoms with Crippen molar-refractivity contribution in [1.29, 1.82) is 0 Å². The molecular weight excluding hydrogens is 224 g/mol. The van der Waals surface area contributed by atoms with Crippen molar-refractivity contribution in [3.05, 3.63) is 0 Å². The summed E-state index contributed by atoms with van der Waals surface area (Å²) in [5.74, 6) is 3.42. The van der Waals surface area contributed by atoms with Crippen LogP contribution in [0.15, 0.2) is 0 Å². The molecule has 4 aliphatic rings. The van der Waals surface area contributed by atoms with E-state index in [0.29, 0.717) is 24.2 Å². The highest BCUT2D eigenvalue weighted by molar-refractivity contribution is 5.78. The van der Waals surface area contributed by atoms with Crippen LogP contribution in [0.2, 0.25) is 0 Å². The zero-order valence-corrected chi connectivity index (χ0v) is 11.6. The van der Waals surface area contributed by atoms with Crippen LogP contribution in [0.1, 0.15) is 57.8 Å². The molecule has 0 aromatic rings. The first-order valence-electron chi connectivity index (χ1n) is 7.70. The number of rotatable bonds is 6. The molecule has 18 heavy (non-hydrogen) atoms. The lowest BCUT2D eigenvalue weighted by molar-refractivity contribution is -0.122. The Bertz CT molecular complexity index is 286. The smallest absolute Gasteiger partial charge is 0.135 e. The van der Waals surface area contributed by atoms with Crippen molar-refractivity contribution < 1.29 is 9.53 Å². The summed E-state index contributed by atoms with van der Waals surface area (Å²) in [4.78, 5) is 11.8. The predicted octanol–water partition coefficient (Wildman–Crippen LogP) is 3.59. The lowest BCUT2D eigenvalue weighted by atomic mass is 9.48. The van der Waals surface area contributed by atoms with E-state index in [1.165, 1.54) is 44.9 Å². The van der Waals surface area contributed by atoms with Gasteiger partial charge in [-0.2, -0.15) is 0 Å². The van der Waals surface area contributed by atoms with Gasteiger partial charge >= 0.3 is 0 Å². The second-order valence-electron chi connectivity index (χ2n) is 7.20. The standard InChI is InChI=1S/C16H26O2/c1-18-5-3-15(17)2-4-16-9-12-6-13(10-16)8-14(7-12)11-16/h12-14H,2-11H2,1H3. The van der Waals surface area contributed by atoms with E-state index >= 15 is 0 Å². The van der Waals surface area contributed by atoms with Crippen LogP contribution in [0, 0.1) is 23.2 Å². The van der Waals surface area contributed by atoms with E-state index < -0.39 is 0 Å². The average Bonchev–Trinajstić information content (AvgIpc) is 2.32. The quantitative estimate of drug-likeness (QED) is 0.720. The first-order valence-corrected chi connectivity index (χ1v) is 7.70. The van der Waals surface area contributed by atoms with Gasteiger partial charge in [-0.25, -0.2) is 0 Å². The molecule has 2 heteroatoms. The fourth-order valence-corrected chi connectivity index (χ4v) is 5.34. The number of hydrogen-bond donors (Lipinski definition) is 0. The summed E-state index contributed by atoms with van der Waals surface area (Å²) >= 11 is 0. The second kappa shape index (κ2) is 4.96. The maximum absolute atomic E-state index is 11.8. The third-order valence-corrected chi connectivity index (χ3v) is 5.68. The largest absolute Gasteiger partial charge is 0.384 e. The Morgan fingerprint density at radius 1 is 1.06 bits per heavy atom. The van der Waals surface area contributed by atoms with Crippen molar-refractivity contribution in [3.8, 4) is 0 Å². The summed E-state index contributed by atoms with van der Waals surface area (Å²) in [6.45, 7) is 0.597. The van der Waals surface area contributed by atoms with Crippen molar-refractivity contribution in [2.45, 2.75) is 57.8 Å². The molecular formula is C16H26O2. The minimum absolute atomic E-state index is 0.410. The molecule has 0 amide bonds. The topological polar surface area (TPSA) is 26.3 Å². The number of ether oxygens (including phenoxy) is 1. The molecule has 0 unspecified atom stereocenters. The van der Waals surface area contributed by atoms with Crippen LogP contribution in [0.25, 0.3) is 0 Å². The Labute approximate surface area is 110 Å². The van der Waals surface area contributed by atoms with E-state index in [4.69, 9.17) is 4.74 Å². The average molecular weight is 250 g/mol. The number of ketones is 1. The molecule has 0 aromatic carbocycles. The Balaban J connectivity index is 1.54. The van der Waals surface area contributed by atoms with Crippen LogP contribution >= 0.6 is 0 Å². The first-order chi connectivity index (χ1) is 8.69. The van der Waals surface area contributed by atoms with Gasteiger partial charge in [0, 0.05) is 20.0 Å². The third kappa shape index (κ3) is 2.49. The highest BCUT2D eigenvalue weighted by atomic mass is 16.5. The van der Waals surface area contributed by atoms with E-state index in [1.54, 1.807) is 7.11 Å². The summed E-state index contributed by atoms with van der Waals surface area (Å²) < 4.78 is 4.99. The SMILES string of the molecule is COCCC(=O)CCC12CC3CC(CC(C3)C1)C2. The summed E-state index contributed by atoms with van der Waals surface area (Å²) in [5.41, 5.74) is 0.567. The Morgan fingerprint density at radius 2 is 1.61 bits per heavy atom. The Hall–Kier alpha value is -0.370. The van der Waals surface area contributed by atoms with E-state index in [1.807, 2.05) is 0 Å². The number of Topliss-reactive ketones (excluding diaryl/α,β-unsaturated/α-hetero) is 1. The molecule has 0 spiro atoms. The van der Waals surface area contributed by atoms with Gasteiger partial charge in [0.15, 0.2) is 0 Å². The molecule has 0 aliphatic heterocycles. The number of hydrogen-bond acceptors (Lipinski definition) is 2. The minimum Gasteiger partial charge on any atom is -0.384 e. The molecule has 0 saturated heterocycles. The monoisotopic (exact) mass is 250 g/mol. The van der Waals surface area contributed by atoms with Gasteiger partial charge in [-0.05, 0) is 68.1 Å².